The standard InChI is InChI=1S/C19H19ClFN3O3/c20-15-9-13(1-3-16(15)21)22-19(25)11-23-5-7-24(8-6-23)14-2-4-17-18(10-14)27-12-26-17/h1-4,9-10H,5-8,11-12H2,(H,22,25). The molecule has 2 aliphatic heterocycles. The van der Waals surface area contributed by atoms with Gasteiger partial charge in [-0.15, -0.1) is 0 Å². The van der Waals surface area contributed by atoms with Gasteiger partial charge in [0, 0.05) is 43.6 Å². The Hall–Kier alpha value is -2.51. The third-order valence-corrected chi connectivity index (χ3v) is 4.95. The monoisotopic (exact) mass is 391 g/mol. The molecule has 2 aromatic rings. The van der Waals surface area contributed by atoms with Crippen LogP contribution in [-0.4, -0.2) is 50.3 Å². The number of carbonyl (C=O) groups is 1. The molecule has 1 amide bonds. The normalized spacial score (nSPS) is 16.4. The molecule has 0 unspecified atom stereocenters. The van der Waals surface area contributed by atoms with Crippen molar-refractivity contribution in [2.24, 2.45) is 0 Å². The highest BCUT2D eigenvalue weighted by Gasteiger charge is 2.21. The van der Waals surface area contributed by atoms with Gasteiger partial charge in [0.15, 0.2) is 11.5 Å². The number of piperazine rings is 1. The molecule has 4 rings (SSSR count). The fourth-order valence-corrected chi connectivity index (χ4v) is 3.40. The van der Waals surface area contributed by atoms with E-state index in [0.29, 0.717) is 5.69 Å². The number of anilines is 2. The van der Waals surface area contributed by atoms with E-state index in [-0.39, 0.29) is 24.3 Å². The zero-order chi connectivity index (χ0) is 18.8. The van der Waals surface area contributed by atoms with E-state index < -0.39 is 5.82 Å². The van der Waals surface area contributed by atoms with Crippen LogP contribution in [0.4, 0.5) is 15.8 Å². The number of fused-ring (bicyclic) bond motifs is 1. The summed E-state index contributed by atoms with van der Waals surface area (Å²) in [5, 5.41) is 2.74. The highest BCUT2D eigenvalue weighted by atomic mass is 35.5. The van der Waals surface area contributed by atoms with E-state index in [1.54, 1.807) is 0 Å². The molecular weight excluding hydrogens is 373 g/mol. The number of rotatable bonds is 4. The van der Waals surface area contributed by atoms with Crippen LogP contribution in [0.25, 0.3) is 0 Å². The Morgan fingerprint density at radius 3 is 2.63 bits per heavy atom. The summed E-state index contributed by atoms with van der Waals surface area (Å²) in [5.74, 6) is 0.894. The molecule has 0 atom stereocenters. The van der Waals surface area contributed by atoms with E-state index in [1.165, 1.54) is 18.2 Å². The summed E-state index contributed by atoms with van der Waals surface area (Å²) < 4.78 is 24.0. The first-order valence-electron chi connectivity index (χ1n) is 8.70. The minimum absolute atomic E-state index is 0.00913. The average molecular weight is 392 g/mol. The molecule has 2 aromatic carbocycles. The Labute approximate surface area is 161 Å². The van der Waals surface area contributed by atoms with Gasteiger partial charge in [-0.25, -0.2) is 4.39 Å². The Balaban J connectivity index is 1.29. The summed E-state index contributed by atoms with van der Waals surface area (Å²) in [6, 6.07) is 10.1. The first-order chi connectivity index (χ1) is 13.1. The van der Waals surface area contributed by atoms with Crippen LogP contribution in [0, 0.1) is 5.82 Å². The van der Waals surface area contributed by atoms with Crippen LogP contribution in [0.15, 0.2) is 36.4 Å². The van der Waals surface area contributed by atoms with Gasteiger partial charge in [-0.05, 0) is 30.3 Å². The lowest BCUT2D eigenvalue weighted by Crippen LogP contribution is -2.48. The van der Waals surface area contributed by atoms with Crippen molar-refractivity contribution >= 4 is 28.9 Å². The number of amides is 1. The van der Waals surface area contributed by atoms with E-state index in [1.807, 2.05) is 18.2 Å². The van der Waals surface area contributed by atoms with Crippen LogP contribution in [0.2, 0.25) is 5.02 Å². The predicted molar refractivity (Wildman–Crippen MR) is 101 cm³/mol. The number of carbonyl (C=O) groups excluding carboxylic acids is 1. The molecule has 0 bridgehead atoms. The van der Waals surface area contributed by atoms with Gasteiger partial charge in [-0.2, -0.15) is 0 Å². The first kappa shape index (κ1) is 17.9. The second kappa shape index (κ2) is 7.62. The highest BCUT2D eigenvalue weighted by molar-refractivity contribution is 6.31. The first-order valence-corrected chi connectivity index (χ1v) is 9.08. The second-order valence-electron chi connectivity index (χ2n) is 6.48. The molecule has 0 radical (unpaired) electrons. The predicted octanol–water partition coefficient (Wildman–Crippen LogP) is 2.97. The number of halogens is 2. The van der Waals surface area contributed by atoms with Crippen LogP contribution >= 0.6 is 11.6 Å². The number of ether oxygens (including phenoxy) is 2. The van der Waals surface area contributed by atoms with Gasteiger partial charge < -0.3 is 19.7 Å². The van der Waals surface area contributed by atoms with Crippen LogP contribution in [0.3, 0.4) is 0 Å². The van der Waals surface area contributed by atoms with E-state index >= 15 is 0 Å². The quantitative estimate of drug-likeness (QED) is 0.868. The van der Waals surface area contributed by atoms with Crippen molar-refractivity contribution in [3.05, 3.63) is 47.2 Å². The van der Waals surface area contributed by atoms with Crippen molar-refractivity contribution in [3.8, 4) is 11.5 Å². The van der Waals surface area contributed by atoms with Gasteiger partial charge in [0.1, 0.15) is 5.82 Å². The Kier molecular flexibility index (Phi) is 5.05. The van der Waals surface area contributed by atoms with E-state index in [0.717, 1.165) is 43.4 Å². The molecule has 2 heterocycles. The lowest BCUT2D eigenvalue weighted by atomic mass is 10.2. The molecule has 6 nitrogen and oxygen atoms in total. The molecule has 0 aliphatic carbocycles. The third-order valence-electron chi connectivity index (χ3n) is 4.66. The van der Waals surface area contributed by atoms with Crippen molar-refractivity contribution in [2.75, 3.05) is 49.7 Å². The molecule has 1 saturated heterocycles. The van der Waals surface area contributed by atoms with Crippen molar-refractivity contribution in [1.82, 2.24) is 4.90 Å². The SMILES string of the molecule is O=C(CN1CCN(c2ccc3c(c2)OCO3)CC1)Nc1ccc(F)c(Cl)c1. The maximum absolute atomic E-state index is 13.2. The Bertz CT molecular complexity index is 856. The average Bonchev–Trinajstić information content (AvgIpc) is 3.13. The van der Waals surface area contributed by atoms with E-state index in [4.69, 9.17) is 21.1 Å². The van der Waals surface area contributed by atoms with Crippen LogP contribution in [0.1, 0.15) is 0 Å². The number of nitrogens with zero attached hydrogens (tertiary/aromatic N) is 2. The van der Waals surface area contributed by atoms with Crippen molar-refractivity contribution in [2.45, 2.75) is 0 Å². The molecule has 142 valence electrons. The maximum atomic E-state index is 13.2. The molecule has 0 aromatic heterocycles. The molecule has 0 saturated carbocycles. The topological polar surface area (TPSA) is 54.0 Å². The maximum Gasteiger partial charge on any atom is 0.238 e. The van der Waals surface area contributed by atoms with Crippen molar-refractivity contribution in [1.29, 1.82) is 0 Å². The summed E-state index contributed by atoms with van der Waals surface area (Å²) in [6.45, 7) is 3.72. The Morgan fingerprint density at radius 1 is 1.07 bits per heavy atom. The molecule has 0 spiro atoms. The zero-order valence-electron chi connectivity index (χ0n) is 14.6. The molecule has 2 aliphatic rings. The minimum Gasteiger partial charge on any atom is -0.454 e. The lowest BCUT2D eigenvalue weighted by Gasteiger charge is -2.35. The molecule has 1 N–H and O–H groups in total. The lowest BCUT2D eigenvalue weighted by molar-refractivity contribution is -0.117. The fourth-order valence-electron chi connectivity index (χ4n) is 3.22. The molecule has 27 heavy (non-hydrogen) atoms. The van der Waals surface area contributed by atoms with Crippen molar-refractivity contribution in [3.63, 3.8) is 0 Å². The summed E-state index contributed by atoms with van der Waals surface area (Å²) in [4.78, 5) is 16.6. The van der Waals surface area contributed by atoms with E-state index in [9.17, 15) is 9.18 Å². The molecular formula is C19H19ClFN3O3. The van der Waals surface area contributed by atoms with Crippen LogP contribution < -0.4 is 19.7 Å². The zero-order valence-corrected chi connectivity index (χ0v) is 15.3. The molecule has 8 heteroatoms. The van der Waals surface area contributed by atoms with Crippen molar-refractivity contribution < 1.29 is 18.7 Å². The number of benzene rings is 2. The fraction of sp³-hybridized carbons (Fsp3) is 0.316. The van der Waals surface area contributed by atoms with Crippen LogP contribution in [-0.2, 0) is 4.79 Å². The van der Waals surface area contributed by atoms with Crippen LogP contribution in [0.5, 0.6) is 11.5 Å². The molecule has 1 fully saturated rings. The van der Waals surface area contributed by atoms with Gasteiger partial charge in [-0.1, -0.05) is 11.6 Å². The van der Waals surface area contributed by atoms with Gasteiger partial charge in [0.05, 0.1) is 11.6 Å². The second-order valence-corrected chi connectivity index (χ2v) is 6.89. The largest absolute Gasteiger partial charge is 0.454 e. The Morgan fingerprint density at radius 2 is 1.85 bits per heavy atom. The highest BCUT2D eigenvalue weighted by Crippen LogP contribution is 2.35. The smallest absolute Gasteiger partial charge is 0.238 e. The number of hydrogen-bond donors (Lipinski definition) is 1. The van der Waals surface area contributed by atoms with Gasteiger partial charge >= 0.3 is 0 Å². The number of nitrogens with one attached hydrogen (secondary N) is 1. The van der Waals surface area contributed by atoms with Gasteiger partial charge in [0.2, 0.25) is 12.7 Å². The summed E-state index contributed by atoms with van der Waals surface area (Å²) in [5.41, 5.74) is 1.58. The third kappa shape index (κ3) is 4.09. The van der Waals surface area contributed by atoms with E-state index in [2.05, 4.69) is 15.1 Å². The summed E-state index contributed by atoms with van der Waals surface area (Å²) in [7, 11) is 0. The minimum atomic E-state index is -0.505. The summed E-state index contributed by atoms with van der Waals surface area (Å²) in [6.07, 6.45) is 0. The summed E-state index contributed by atoms with van der Waals surface area (Å²) >= 11 is 5.74. The van der Waals surface area contributed by atoms with Gasteiger partial charge in [-0.3, -0.25) is 9.69 Å². The number of hydrogen-bond acceptors (Lipinski definition) is 5. The van der Waals surface area contributed by atoms with Gasteiger partial charge in [0.25, 0.3) is 0 Å².